The minimum absolute atomic E-state index is 0.0873. The molecule has 1 saturated heterocycles. The Hall–Kier alpha value is -2.91. The summed E-state index contributed by atoms with van der Waals surface area (Å²) in [6.45, 7) is 0.766. The second-order valence-electron chi connectivity index (χ2n) is 7.00. The number of carbonyl (C=O) groups excluding carboxylic acids is 2. The Bertz CT molecular complexity index is 969. The number of rotatable bonds is 7. The first-order chi connectivity index (χ1) is 14.4. The lowest BCUT2D eigenvalue weighted by molar-refractivity contribution is -0.131. The van der Waals surface area contributed by atoms with Crippen molar-refractivity contribution in [3.63, 3.8) is 0 Å². The third kappa shape index (κ3) is 5.58. The van der Waals surface area contributed by atoms with Crippen LogP contribution in [-0.2, 0) is 14.8 Å². The standard InChI is InChI=1S/C21H25N3O5S/c1-29-18-7-9-19(10-8-18)30(27,28)23-17-11-13-24(14-12-17)20(25)15-22-21(26)16-5-3-2-4-6-16/h2-10,17,23H,11-15H2,1H3,(H,22,26). The fourth-order valence-corrected chi connectivity index (χ4v) is 4.55. The van der Waals surface area contributed by atoms with Gasteiger partial charge in [-0.1, -0.05) is 18.2 Å². The van der Waals surface area contributed by atoms with Gasteiger partial charge in [0.2, 0.25) is 15.9 Å². The van der Waals surface area contributed by atoms with Gasteiger partial charge in [-0.15, -0.1) is 0 Å². The van der Waals surface area contributed by atoms with Crippen molar-refractivity contribution in [3.05, 3.63) is 60.2 Å². The molecule has 1 fully saturated rings. The molecule has 0 radical (unpaired) electrons. The zero-order valence-corrected chi connectivity index (χ0v) is 17.5. The largest absolute Gasteiger partial charge is 0.497 e. The highest BCUT2D eigenvalue weighted by Gasteiger charge is 2.26. The molecule has 0 bridgehead atoms. The van der Waals surface area contributed by atoms with E-state index in [0.29, 0.717) is 37.2 Å². The van der Waals surface area contributed by atoms with Crippen LogP contribution in [0.5, 0.6) is 5.75 Å². The number of methoxy groups -OCH3 is 1. The highest BCUT2D eigenvalue weighted by molar-refractivity contribution is 7.89. The number of amides is 2. The summed E-state index contributed by atoms with van der Waals surface area (Å²) in [6.07, 6.45) is 1.02. The fourth-order valence-electron chi connectivity index (χ4n) is 3.25. The molecule has 0 atom stereocenters. The maximum Gasteiger partial charge on any atom is 0.251 e. The molecule has 0 spiro atoms. The van der Waals surface area contributed by atoms with Crippen LogP contribution in [0.4, 0.5) is 0 Å². The van der Waals surface area contributed by atoms with Crippen LogP contribution in [0.15, 0.2) is 59.5 Å². The molecule has 9 heteroatoms. The monoisotopic (exact) mass is 431 g/mol. The lowest BCUT2D eigenvalue weighted by Gasteiger charge is -2.32. The van der Waals surface area contributed by atoms with Gasteiger partial charge in [0.25, 0.3) is 5.91 Å². The molecule has 3 rings (SSSR count). The summed E-state index contributed by atoms with van der Waals surface area (Å²) in [6, 6.07) is 14.6. The van der Waals surface area contributed by atoms with Crippen LogP contribution in [0, 0.1) is 0 Å². The summed E-state index contributed by atoms with van der Waals surface area (Å²) in [4.78, 5) is 26.2. The van der Waals surface area contributed by atoms with Gasteiger partial charge in [-0.3, -0.25) is 9.59 Å². The fraction of sp³-hybridized carbons (Fsp3) is 0.333. The Morgan fingerprint density at radius 2 is 1.67 bits per heavy atom. The number of sulfonamides is 1. The number of benzene rings is 2. The number of nitrogens with zero attached hydrogens (tertiary/aromatic N) is 1. The van der Waals surface area contributed by atoms with E-state index >= 15 is 0 Å². The molecular formula is C21H25N3O5S. The predicted molar refractivity (Wildman–Crippen MR) is 112 cm³/mol. The highest BCUT2D eigenvalue weighted by atomic mass is 32.2. The second kappa shape index (κ2) is 9.73. The minimum atomic E-state index is -3.64. The van der Waals surface area contributed by atoms with E-state index in [4.69, 9.17) is 4.74 Å². The normalized spacial score (nSPS) is 14.9. The van der Waals surface area contributed by atoms with Crippen molar-refractivity contribution >= 4 is 21.8 Å². The molecule has 2 aromatic carbocycles. The number of piperidine rings is 1. The Balaban J connectivity index is 1.46. The van der Waals surface area contributed by atoms with Gasteiger partial charge in [-0.2, -0.15) is 0 Å². The molecule has 160 valence electrons. The number of nitrogens with one attached hydrogen (secondary N) is 2. The summed E-state index contributed by atoms with van der Waals surface area (Å²) >= 11 is 0. The minimum Gasteiger partial charge on any atom is -0.497 e. The molecular weight excluding hydrogens is 406 g/mol. The molecule has 0 unspecified atom stereocenters. The SMILES string of the molecule is COc1ccc(S(=O)(=O)NC2CCN(C(=O)CNC(=O)c3ccccc3)CC2)cc1. The van der Waals surface area contributed by atoms with Gasteiger partial charge in [0.1, 0.15) is 5.75 Å². The Morgan fingerprint density at radius 1 is 1.03 bits per heavy atom. The van der Waals surface area contributed by atoms with E-state index in [2.05, 4.69) is 10.0 Å². The van der Waals surface area contributed by atoms with Gasteiger partial charge in [0.05, 0.1) is 18.6 Å². The Morgan fingerprint density at radius 3 is 2.27 bits per heavy atom. The van der Waals surface area contributed by atoms with Crippen molar-refractivity contribution in [2.45, 2.75) is 23.8 Å². The molecule has 0 saturated carbocycles. The van der Waals surface area contributed by atoms with E-state index in [1.54, 1.807) is 41.3 Å². The summed E-state index contributed by atoms with van der Waals surface area (Å²) in [7, 11) is -2.12. The van der Waals surface area contributed by atoms with E-state index in [0.717, 1.165) is 0 Å². The molecule has 1 aliphatic heterocycles. The van der Waals surface area contributed by atoms with E-state index in [1.165, 1.54) is 19.2 Å². The van der Waals surface area contributed by atoms with Crippen molar-refractivity contribution < 1.29 is 22.7 Å². The molecule has 8 nitrogen and oxygen atoms in total. The van der Waals surface area contributed by atoms with Gasteiger partial charge in [0.15, 0.2) is 0 Å². The van der Waals surface area contributed by atoms with Crippen LogP contribution in [-0.4, -0.2) is 57.9 Å². The average Bonchev–Trinajstić information content (AvgIpc) is 2.78. The lowest BCUT2D eigenvalue weighted by atomic mass is 10.1. The summed E-state index contributed by atoms with van der Waals surface area (Å²) < 4.78 is 32.8. The van der Waals surface area contributed by atoms with E-state index in [-0.39, 0.29) is 29.3 Å². The van der Waals surface area contributed by atoms with E-state index < -0.39 is 10.0 Å². The molecule has 1 heterocycles. The first-order valence-electron chi connectivity index (χ1n) is 9.66. The van der Waals surface area contributed by atoms with Crippen molar-refractivity contribution in [2.24, 2.45) is 0 Å². The van der Waals surface area contributed by atoms with Crippen LogP contribution in [0.3, 0.4) is 0 Å². The lowest BCUT2D eigenvalue weighted by Crippen LogP contribution is -2.48. The first kappa shape index (κ1) is 21.8. The molecule has 2 amide bonds. The molecule has 0 aliphatic carbocycles. The van der Waals surface area contributed by atoms with Crippen molar-refractivity contribution in [1.82, 2.24) is 14.9 Å². The first-order valence-corrected chi connectivity index (χ1v) is 11.1. The number of likely N-dealkylation sites (tertiary alicyclic amines) is 1. The third-order valence-electron chi connectivity index (χ3n) is 4.98. The van der Waals surface area contributed by atoms with Crippen LogP contribution in [0.1, 0.15) is 23.2 Å². The maximum atomic E-state index is 12.5. The van der Waals surface area contributed by atoms with Crippen LogP contribution >= 0.6 is 0 Å². The van der Waals surface area contributed by atoms with Crippen LogP contribution < -0.4 is 14.8 Å². The van der Waals surface area contributed by atoms with Gasteiger partial charge in [-0.05, 0) is 49.2 Å². The quantitative estimate of drug-likeness (QED) is 0.689. The number of ether oxygens (including phenoxy) is 1. The third-order valence-corrected chi connectivity index (χ3v) is 6.51. The number of hydrogen-bond acceptors (Lipinski definition) is 5. The van der Waals surface area contributed by atoms with E-state index in [1.807, 2.05) is 6.07 Å². The number of carbonyl (C=O) groups is 2. The number of hydrogen-bond donors (Lipinski definition) is 2. The van der Waals surface area contributed by atoms with Crippen LogP contribution in [0.2, 0.25) is 0 Å². The second-order valence-corrected chi connectivity index (χ2v) is 8.71. The van der Waals surface area contributed by atoms with Gasteiger partial charge < -0.3 is 15.0 Å². The van der Waals surface area contributed by atoms with Gasteiger partial charge in [0, 0.05) is 24.7 Å². The average molecular weight is 432 g/mol. The Labute approximate surface area is 176 Å². The Kier molecular flexibility index (Phi) is 7.07. The molecule has 30 heavy (non-hydrogen) atoms. The summed E-state index contributed by atoms with van der Waals surface area (Å²) in [5.74, 6) is 0.0990. The molecule has 2 N–H and O–H groups in total. The van der Waals surface area contributed by atoms with Crippen molar-refractivity contribution in [2.75, 3.05) is 26.7 Å². The van der Waals surface area contributed by atoms with Crippen LogP contribution in [0.25, 0.3) is 0 Å². The zero-order chi connectivity index (χ0) is 21.6. The van der Waals surface area contributed by atoms with E-state index in [9.17, 15) is 18.0 Å². The predicted octanol–water partition coefficient (Wildman–Crippen LogP) is 1.39. The van der Waals surface area contributed by atoms with Crippen molar-refractivity contribution in [3.8, 4) is 5.75 Å². The molecule has 2 aromatic rings. The summed E-state index contributed by atoms with van der Waals surface area (Å²) in [5.41, 5.74) is 0.497. The van der Waals surface area contributed by atoms with Gasteiger partial charge >= 0.3 is 0 Å². The smallest absolute Gasteiger partial charge is 0.251 e. The molecule has 0 aromatic heterocycles. The molecule has 1 aliphatic rings. The summed E-state index contributed by atoms with van der Waals surface area (Å²) in [5, 5.41) is 2.62. The van der Waals surface area contributed by atoms with Crippen molar-refractivity contribution in [1.29, 1.82) is 0 Å². The zero-order valence-electron chi connectivity index (χ0n) is 16.7. The van der Waals surface area contributed by atoms with Gasteiger partial charge in [-0.25, -0.2) is 13.1 Å². The maximum absolute atomic E-state index is 12.5. The topological polar surface area (TPSA) is 105 Å². The highest BCUT2D eigenvalue weighted by Crippen LogP contribution is 2.18.